The fourth-order valence-corrected chi connectivity index (χ4v) is 2.19. The number of benzene rings is 1. The second kappa shape index (κ2) is 9.92. The van der Waals surface area contributed by atoms with E-state index in [-0.39, 0.29) is 17.4 Å². The summed E-state index contributed by atoms with van der Waals surface area (Å²) in [4.78, 5) is 34.1. The Morgan fingerprint density at radius 1 is 1.16 bits per heavy atom. The molecule has 25 heavy (non-hydrogen) atoms. The molecule has 2 N–H and O–H groups in total. The second-order valence-corrected chi connectivity index (χ2v) is 5.95. The van der Waals surface area contributed by atoms with Crippen molar-refractivity contribution in [2.75, 3.05) is 30.0 Å². The minimum atomic E-state index is -4.53. The third-order valence-electron chi connectivity index (χ3n) is 2.61. The summed E-state index contributed by atoms with van der Waals surface area (Å²) >= 11 is 0.964. The molecule has 0 aliphatic rings. The molecule has 0 heterocycles. The van der Waals surface area contributed by atoms with Gasteiger partial charge in [-0.15, -0.1) is 11.8 Å². The number of esters is 1. The average Bonchev–Trinajstić information content (AvgIpc) is 2.50. The van der Waals surface area contributed by atoms with Gasteiger partial charge in [-0.1, -0.05) is 12.1 Å². The van der Waals surface area contributed by atoms with Crippen molar-refractivity contribution in [2.24, 2.45) is 0 Å². The van der Waals surface area contributed by atoms with Crippen LogP contribution in [0.2, 0.25) is 0 Å². The number of halogens is 3. The van der Waals surface area contributed by atoms with Crippen molar-refractivity contribution in [3.63, 3.8) is 0 Å². The highest BCUT2D eigenvalue weighted by atomic mass is 32.2. The van der Waals surface area contributed by atoms with Crippen LogP contribution in [0.5, 0.6) is 0 Å². The van der Waals surface area contributed by atoms with Crippen molar-refractivity contribution in [3.05, 3.63) is 29.8 Å². The zero-order valence-electron chi connectivity index (χ0n) is 13.3. The van der Waals surface area contributed by atoms with Crippen LogP contribution in [0, 0.1) is 6.92 Å². The predicted molar refractivity (Wildman–Crippen MR) is 87.2 cm³/mol. The lowest BCUT2D eigenvalue weighted by Crippen LogP contribution is -2.36. The molecule has 138 valence electrons. The lowest BCUT2D eigenvalue weighted by molar-refractivity contribution is -0.149. The number of carbonyl (C=O) groups is 3. The van der Waals surface area contributed by atoms with Crippen LogP contribution in [0.25, 0.3) is 0 Å². The number of carbonyl (C=O) groups excluding carboxylic acids is 3. The van der Waals surface area contributed by atoms with E-state index in [9.17, 15) is 27.6 Å². The Labute approximate surface area is 146 Å². The van der Waals surface area contributed by atoms with Crippen LogP contribution < -0.4 is 10.6 Å². The summed E-state index contributed by atoms with van der Waals surface area (Å²) in [5, 5.41) is 4.23. The number of aryl methyl sites for hydroxylation is 1. The number of hydrogen-bond donors (Lipinski definition) is 2. The smallest absolute Gasteiger partial charge is 0.405 e. The van der Waals surface area contributed by atoms with Gasteiger partial charge in [0.2, 0.25) is 5.91 Å². The maximum atomic E-state index is 11.9. The molecule has 0 saturated carbocycles. The van der Waals surface area contributed by atoms with Gasteiger partial charge in [-0.2, -0.15) is 13.2 Å². The largest absolute Gasteiger partial charge is 0.455 e. The van der Waals surface area contributed by atoms with Gasteiger partial charge in [0, 0.05) is 5.69 Å². The van der Waals surface area contributed by atoms with Gasteiger partial charge >= 0.3 is 12.1 Å². The molecule has 1 aromatic carbocycles. The number of hydrogen-bond acceptors (Lipinski definition) is 5. The summed E-state index contributed by atoms with van der Waals surface area (Å²) in [7, 11) is 0. The van der Waals surface area contributed by atoms with Crippen molar-refractivity contribution in [1.29, 1.82) is 0 Å². The zero-order valence-corrected chi connectivity index (χ0v) is 14.1. The molecule has 6 nitrogen and oxygen atoms in total. The van der Waals surface area contributed by atoms with Gasteiger partial charge in [0.05, 0.1) is 11.5 Å². The first kappa shape index (κ1) is 20.8. The van der Waals surface area contributed by atoms with E-state index in [1.54, 1.807) is 23.5 Å². The van der Waals surface area contributed by atoms with Crippen LogP contribution in [0.4, 0.5) is 18.9 Å². The molecule has 0 fully saturated rings. The van der Waals surface area contributed by atoms with E-state index in [4.69, 9.17) is 0 Å². The molecule has 1 aromatic rings. The molecule has 0 unspecified atom stereocenters. The number of nitrogens with one attached hydrogen (secondary N) is 2. The Morgan fingerprint density at radius 2 is 1.88 bits per heavy atom. The maximum absolute atomic E-state index is 11.9. The van der Waals surface area contributed by atoms with E-state index < -0.39 is 31.2 Å². The lowest BCUT2D eigenvalue weighted by atomic mass is 10.2. The van der Waals surface area contributed by atoms with Crippen molar-refractivity contribution < 1.29 is 32.3 Å². The molecule has 0 spiro atoms. The Bertz CT molecular complexity index is 623. The first-order chi connectivity index (χ1) is 11.7. The Hall–Kier alpha value is -2.23. The monoisotopic (exact) mass is 378 g/mol. The highest BCUT2D eigenvalue weighted by molar-refractivity contribution is 8.00. The molecule has 10 heteroatoms. The summed E-state index contributed by atoms with van der Waals surface area (Å²) in [5.41, 5.74) is 1.62. The highest BCUT2D eigenvalue weighted by Crippen LogP contribution is 2.12. The predicted octanol–water partition coefficient (Wildman–Crippen LogP) is 1.89. The van der Waals surface area contributed by atoms with Gasteiger partial charge in [0.15, 0.2) is 6.61 Å². The van der Waals surface area contributed by atoms with Crippen molar-refractivity contribution in [3.8, 4) is 0 Å². The minimum Gasteiger partial charge on any atom is -0.455 e. The lowest BCUT2D eigenvalue weighted by Gasteiger charge is -2.09. The number of anilines is 1. The molecule has 1 rings (SSSR count). The van der Waals surface area contributed by atoms with E-state index in [0.29, 0.717) is 5.69 Å². The first-order valence-electron chi connectivity index (χ1n) is 7.09. The Morgan fingerprint density at radius 3 is 2.52 bits per heavy atom. The summed E-state index contributed by atoms with van der Waals surface area (Å²) in [6.45, 7) is -0.409. The van der Waals surface area contributed by atoms with Crippen molar-refractivity contribution >= 4 is 35.2 Å². The van der Waals surface area contributed by atoms with Crippen molar-refractivity contribution in [1.82, 2.24) is 5.32 Å². The number of amides is 2. The molecule has 2 amide bonds. The highest BCUT2D eigenvalue weighted by Gasteiger charge is 2.27. The van der Waals surface area contributed by atoms with Gasteiger partial charge in [0.1, 0.15) is 6.54 Å². The first-order valence-corrected chi connectivity index (χ1v) is 8.24. The van der Waals surface area contributed by atoms with Gasteiger partial charge in [-0.3, -0.25) is 14.4 Å². The van der Waals surface area contributed by atoms with E-state index in [0.717, 1.165) is 17.3 Å². The van der Waals surface area contributed by atoms with E-state index in [2.05, 4.69) is 10.1 Å². The van der Waals surface area contributed by atoms with Crippen LogP contribution in [-0.4, -0.2) is 48.6 Å². The normalized spacial score (nSPS) is 10.9. The standard InChI is InChI=1S/C15H17F3N2O4S/c1-10-3-2-4-11(5-10)20-13(22)7-25-8-14(23)24-6-12(21)19-9-15(16,17)18/h2-5H,6-9H2,1H3,(H,19,21)(H,20,22). The molecule has 0 bridgehead atoms. The van der Waals surface area contributed by atoms with E-state index >= 15 is 0 Å². The van der Waals surface area contributed by atoms with Gasteiger partial charge in [-0.25, -0.2) is 0 Å². The SMILES string of the molecule is Cc1cccc(NC(=O)CSCC(=O)OCC(=O)NCC(F)(F)F)c1. The van der Waals surface area contributed by atoms with Crippen LogP contribution in [0.1, 0.15) is 5.56 Å². The number of ether oxygens (including phenoxy) is 1. The molecule has 0 radical (unpaired) electrons. The quantitative estimate of drug-likeness (QED) is 0.675. The molecular weight excluding hydrogens is 361 g/mol. The van der Waals surface area contributed by atoms with Crippen LogP contribution >= 0.6 is 11.8 Å². The third kappa shape index (κ3) is 10.3. The van der Waals surface area contributed by atoms with E-state index in [1.165, 1.54) is 0 Å². The fraction of sp³-hybridized carbons (Fsp3) is 0.400. The summed E-state index contributed by atoms with van der Waals surface area (Å²) in [6, 6.07) is 7.18. The second-order valence-electron chi connectivity index (χ2n) is 4.96. The van der Waals surface area contributed by atoms with Crippen LogP contribution in [-0.2, 0) is 19.1 Å². The topological polar surface area (TPSA) is 84.5 Å². The number of thioether (sulfide) groups is 1. The van der Waals surface area contributed by atoms with Crippen LogP contribution in [0.15, 0.2) is 24.3 Å². The molecule has 0 atom stereocenters. The zero-order chi connectivity index (χ0) is 18.9. The van der Waals surface area contributed by atoms with Crippen molar-refractivity contribution in [2.45, 2.75) is 13.1 Å². The molecular formula is C15H17F3N2O4S. The van der Waals surface area contributed by atoms with Gasteiger partial charge < -0.3 is 15.4 Å². The number of rotatable bonds is 8. The minimum absolute atomic E-state index is 0.0106. The summed E-state index contributed by atoms with van der Waals surface area (Å²) in [5.74, 6) is -2.37. The fourth-order valence-electron chi connectivity index (χ4n) is 1.58. The van der Waals surface area contributed by atoms with Crippen LogP contribution in [0.3, 0.4) is 0 Å². The summed E-state index contributed by atoms with van der Waals surface area (Å²) in [6.07, 6.45) is -4.53. The molecule has 0 aromatic heterocycles. The Balaban J connectivity index is 2.17. The Kier molecular flexibility index (Phi) is 8.26. The molecule has 0 aliphatic carbocycles. The molecule has 0 aliphatic heterocycles. The number of alkyl halides is 3. The summed E-state index contributed by atoms with van der Waals surface area (Å²) < 4.78 is 40.1. The third-order valence-corrected chi connectivity index (χ3v) is 3.51. The maximum Gasteiger partial charge on any atom is 0.405 e. The molecule has 0 saturated heterocycles. The van der Waals surface area contributed by atoms with Gasteiger partial charge in [0.25, 0.3) is 5.91 Å². The van der Waals surface area contributed by atoms with Gasteiger partial charge in [-0.05, 0) is 24.6 Å². The average molecular weight is 378 g/mol. The van der Waals surface area contributed by atoms with E-state index in [1.807, 2.05) is 13.0 Å².